The van der Waals surface area contributed by atoms with Gasteiger partial charge < -0.3 is 25.0 Å². The van der Waals surface area contributed by atoms with Gasteiger partial charge >= 0.3 is 47.5 Å². The van der Waals surface area contributed by atoms with E-state index < -0.39 is 16.5 Å². The number of carbonyl (C=O) groups excluding carboxylic acids is 3. The van der Waals surface area contributed by atoms with Crippen molar-refractivity contribution >= 4 is 92.6 Å². The van der Waals surface area contributed by atoms with E-state index in [9.17, 15) is 40.1 Å². The Kier molecular flexibility index (Phi) is 31.6. The molecule has 0 spiro atoms. The van der Waals surface area contributed by atoms with Crippen LogP contribution in [-0.4, -0.2) is 63.9 Å². The van der Waals surface area contributed by atoms with Gasteiger partial charge in [0, 0.05) is 33.8 Å². The molecular formula is C78H76BrN6NaO8S3. The number of nitriles is 3. The number of H-pyrrole nitrogens is 1. The number of nitrogens with one attached hydrogen (secondary N) is 1. The van der Waals surface area contributed by atoms with Crippen molar-refractivity contribution in [1.82, 2.24) is 15.0 Å². The Labute approximate surface area is 612 Å². The van der Waals surface area contributed by atoms with Gasteiger partial charge in [0.2, 0.25) is 0 Å². The van der Waals surface area contributed by atoms with Crippen molar-refractivity contribution in [2.24, 2.45) is 0 Å². The molecule has 3 aromatic carbocycles. The first-order valence-electron chi connectivity index (χ1n) is 31.4. The van der Waals surface area contributed by atoms with Gasteiger partial charge in [-0.15, -0.1) is 0 Å². The molecule has 0 saturated heterocycles. The topological polar surface area (TPSA) is 250 Å². The second-order valence-electron chi connectivity index (χ2n) is 22.7. The minimum absolute atomic E-state index is 0. The fourth-order valence-electron chi connectivity index (χ4n) is 12.2. The molecule has 0 amide bonds. The SMILES string of the molecule is C.COC(=O)C(Br)c1ccccc1.COC(=O)C(Sc1nc2c(c(C3=CC=CC3)c1C#N)CCCC2)c1ccccc1.N#Cc1c(C2=CC=CC2)c2c([nH]c1=S)CCCC2.N#Cc1c(SC(C(=O)O)c2ccccc2)nc2c(c1C1=CC=CC1)CCCC2.O=CC1=CC=CC1.[Na+].[OH-]. The molecule has 13 rings (SSSR count). The van der Waals surface area contributed by atoms with Crippen molar-refractivity contribution in [2.75, 3.05) is 14.2 Å². The number of aromatic nitrogens is 3. The first-order chi connectivity index (χ1) is 45.9. The van der Waals surface area contributed by atoms with Crippen LogP contribution in [0.4, 0.5) is 0 Å². The Morgan fingerprint density at radius 3 is 1.35 bits per heavy atom. The molecule has 0 fully saturated rings. The summed E-state index contributed by atoms with van der Waals surface area (Å²) in [6, 6.07) is 35.1. The Morgan fingerprint density at radius 1 is 0.567 bits per heavy atom. The summed E-state index contributed by atoms with van der Waals surface area (Å²) in [5.41, 5.74) is 18.8. The van der Waals surface area contributed by atoms with Gasteiger partial charge in [0.1, 0.15) is 54.5 Å². The van der Waals surface area contributed by atoms with Crippen LogP contribution >= 0.6 is 51.7 Å². The fourth-order valence-corrected chi connectivity index (χ4v) is 15.1. The van der Waals surface area contributed by atoms with E-state index in [1.807, 2.05) is 109 Å². The molecule has 3 unspecified atom stereocenters. The zero-order valence-electron chi connectivity index (χ0n) is 53.9. The largest absolute Gasteiger partial charge is 1.00 e. The number of aldehydes is 1. The van der Waals surface area contributed by atoms with Crippen LogP contribution in [0.25, 0.3) is 16.7 Å². The molecule has 492 valence electrons. The average molecular weight is 1420 g/mol. The van der Waals surface area contributed by atoms with Gasteiger partial charge in [-0.3, -0.25) is 19.2 Å². The molecule has 6 aromatic rings. The molecule has 3 aromatic heterocycles. The van der Waals surface area contributed by atoms with Crippen molar-refractivity contribution in [3.05, 3.63) is 258 Å². The average Bonchev–Trinajstić information content (AvgIpc) is 1.69. The molecule has 7 aliphatic carbocycles. The number of carbonyl (C=O) groups is 4. The second-order valence-corrected chi connectivity index (χ2v) is 26.3. The van der Waals surface area contributed by atoms with Crippen LogP contribution in [-0.2, 0) is 67.2 Å². The van der Waals surface area contributed by atoms with Gasteiger partial charge in [-0.25, -0.2) is 9.97 Å². The third-order valence-corrected chi connectivity index (χ3v) is 20.4. The first-order valence-corrected chi connectivity index (χ1v) is 34.5. The van der Waals surface area contributed by atoms with Crippen molar-refractivity contribution < 1.29 is 68.8 Å². The van der Waals surface area contributed by atoms with Gasteiger partial charge in [-0.05, 0) is 158 Å². The summed E-state index contributed by atoms with van der Waals surface area (Å²) in [5.74, 6) is -1.54. The summed E-state index contributed by atoms with van der Waals surface area (Å²) in [7, 11) is 2.77. The van der Waals surface area contributed by atoms with Crippen LogP contribution in [0.3, 0.4) is 0 Å². The zero-order chi connectivity index (χ0) is 66.3. The number of allylic oxidation sites excluding steroid dienone is 16. The third kappa shape index (κ3) is 19.8. The predicted octanol–water partition coefficient (Wildman–Crippen LogP) is 14.9. The van der Waals surface area contributed by atoms with Gasteiger partial charge in [-0.2, -0.15) is 15.8 Å². The quantitative estimate of drug-likeness (QED) is 0.0257. The van der Waals surface area contributed by atoms with Gasteiger partial charge in [-0.1, -0.05) is 223 Å². The Morgan fingerprint density at radius 2 is 0.959 bits per heavy atom. The van der Waals surface area contributed by atoms with Crippen LogP contribution in [0, 0.1) is 38.6 Å². The van der Waals surface area contributed by atoms with Crippen LogP contribution < -0.4 is 29.6 Å². The molecule has 7 aliphatic rings. The molecular weight excluding hydrogens is 1350 g/mol. The van der Waals surface area contributed by atoms with Gasteiger partial charge in [0.05, 0.1) is 30.9 Å². The number of rotatable bonds is 14. The first kappa shape index (κ1) is 77.9. The number of aryl methyl sites for hydroxylation is 3. The summed E-state index contributed by atoms with van der Waals surface area (Å²) in [5, 5.41) is 39.0. The number of hydrogen-bond donors (Lipinski definition) is 2. The summed E-state index contributed by atoms with van der Waals surface area (Å²) in [6.45, 7) is 0. The molecule has 3 atom stereocenters. The maximum absolute atomic E-state index is 12.6. The number of carboxylic acids is 1. The third-order valence-electron chi connectivity index (χ3n) is 16.8. The van der Waals surface area contributed by atoms with E-state index in [0.29, 0.717) is 36.9 Å². The number of thioether (sulfide) groups is 2. The van der Waals surface area contributed by atoms with Crippen LogP contribution in [0.1, 0.15) is 171 Å². The molecule has 3 N–H and O–H groups in total. The van der Waals surface area contributed by atoms with Gasteiger partial charge in [0.15, 0.2) is 0 Å². The molecule has 14 nitrogen and oxygen atoms in total. The number of nitrogens with zero attached hydrogens (tertiary/aromatic N) is 5. The normalized spacial score (nSPS) is 15.3. The molecule has 97 heavy (non-hydrogen) atoms. The number of ether oxygens (including phenoxy) is 2. The smallest absolute Gasteiger partial charge is 0.870 e. The van der Waals surface area contributed by atoms with Crippen molar-refractivity contribution in [3.63, 3.8) is 0 Å². The van der Waals surface area contributed by atoms with Crippen LogP contribution in [0.5, 0.6) is 0 Å². The van der Waals surface area contributed by atoms with Crippen molar-refractivity contribution in [1.29, 1.82) is 15.8 Å². The zero-order valence-corrected chi connectivity index (χ0v) is 59.9. The standard InChI is InChI=1S/C24H22N2O2S.C23H20N2O2S.C15H14N2S.C9H9BrO2.C6H6O.CH4.Na.H2O/c1-28-24(27)22(17-11-3-2-4-12-17)29-23-19(15-25)21(16-9-5-6-10-16)18-13-7-8-14-20(18)26-23;24-14-18-20(15-8-4-5-9-15)17-12-6-7-13-19(17)25-22(18)28-21(23(26)27)16-10-2-1-3-11-16;16-9-12-14(10-5-1-2-6-10)11-7-3-4-8-13(11)17-15(12)18;1-12-9(11)8(10)7-5-3-2-4-6-7;7-5-6-3-1-2-4-6;;;/h2-6,9,11-12,22H,7-8,10,13-14H2,1H3;1-5,8,10-11,21H,6-7,9,12-13H2,(H,26,27);1-2,5H,3-4,6-8H2,(H,17,18);2-6,8H,1H3;1-3,5H,4H2;1H4;;1H2/q;;;;;;+1;/p-1. The molecule has 0 aliphatic heterocycles. The Hall–Kier alpha value is -8.06. The number of aromatic amines is 1. The number of pyridine rings is 3. The number of esters is 2. The van der Waals surface area contributed by atoms with Crippen LogP contribution in [0.15, 0.2) is 180 Å². The summed E-state index contributed by atoms with van der Waals surface area (Å²) >= 11 is 11.1. The number of carboxylic acid groups (broad SMARTS) is 1. The van der Waals surface area contributed by atoms with E-state index >= 15 is 0 Å². The number of hydrogen-bond acceptors (Lipinski definition) is 15. The molecule has 3 heterocycles. The number of halogens is 1. The number of benzene rings is 3. The van der Waals surface area contributed by atoms with E-state index in [2.05, 4.69) is 86.4 Å². The molecule has 0 bridgehead atoms. The van der Waals surface area contributed by atoms with E-state index in [4.69, 9.17) is 26.9 Å². The number of aliphatic carboxylic acids is 1. The summed E-state index contributed by atoms with van der Waals surface area (Å²) in [6.07, 6.45) is 41.2. The minimum Gasteiger partial charge on any atom is -0.870 e. The summed E-state index contributed by atoms with van der Waals surface area (Å²) in [4.78, 5) is 58.1. The maximum Gasteiger partial charge on any atom is 1.00 e. The minimum atomic E-state index is -0.928. The fraction of sp³-hybridized carbons (Fsp3) is 0.282. The monoisotopic (exact) mass is 1420 g/mol. The summed E-state index contributed by atoms with van der Waals surface area (Å²) < 4.78 is 10.2. The number of fused-ring (bicyclic) bond motifs is 3. The van der Waals surface area contributed by atoms with Crippen molar-refractivity contribution in [3.8, 4) is 18.2 Å². The Bertz CT molecular complexity index is 4270. The second kappa shape index (κ2) is 39.4. The maximum atomic E-state index is 12.6. The van der Waals surface area contributed by atoms with E-state index in [1.54, 1.807) is 12.1 Å². The predicted molar refractivity (Wildman–Crippen MR) is 386 cm³/mol. The van der Waals surface area contributed by atoms with E-state index in [0.717, 1.165) is 147 Å². The van der Waals surface area contributed by atoms with E-state index in [-0.39, 0.29) is 59.2 Å². The molecule has 0 saturated carbocycles. The number of alkyl halides is 1. The Balaban J connectivity index is 0.000000203. The molecule has 19 heteroatoms. The van der Waals surface area contributed by atoms with Gasteiger partial charge in [0.25, 0.3) is 0 Å². The number of methoxy groups -OCH3 is 2. The molecule has 0 radical (unpaired) electrons. The van der Waals surface area contributed by atoms with Crippen molar-refractivity contribution in [2.45, 2.75) is 136 Å². The van der Waals surface area contributed by atoms with E-state index in [1.165, 1.54) is 84.1 Å². The van der Waals surface area contributed by atoms with Crippen LogP contribution in [0.2, 0.25) is 0 Å².